The molecule has 0 bridgehead atoms. The Balaban J connectivity index is 1.03. The molecule has 202 valence electrons. The molecule has 2 aromatic heterocycles. The third-order valence-electron chi connectivity index (χ3n) is 8.22. The quantitative estimate of drug-likeness (QED) is 0.469. The summed E-state index contributed by atoms with van der Waals surface area (Å²) >= 11 is 0. The molecule has 0 radical (unpaired) electrons. The molecule has 3 aliphatic rings. The first-order valence-corrected chi connectivity index (χ1v) is 14.1. The number of benzene rings is 1. The molecule has 1 aromatic carbocycles. The van der Waals surface area contributed by atoms with Gasteiger partial charge >= 0.3 is 0 Å². The van der Waals surface area contributed by atoms with Crippen molar-refractivity contribution < 1.29 is 9.47 Å². The van der Waals surface area contributed by atoms with Crippen LogP contribution in [0, 0.1) is 5.92 Å². The van der Waals surface area contributed by atoms with Crippen LogP contribution < -0.4 is 9.64 Å². The molecule has 9 heteroatoms. The van der Waals surface area contributed by atoms with E-state index in [1.807, 2.05) is 12.4 Å². The molecule has 1 saturated carbocycles. The highest BCUT2D eigenvalue weighted by Crippen LogP contribution is 2.34. The number of morpholine rings is 1. The molecule has 0 N–H and O–H groups in total. The zero-order valence-corrected chi connectivity index (χ0v) is 22.5. The van der Waals surface area contributed by atoms with Crippen molar-refractivity contribution in [1.82, 2.24) is 29.7 Å². The Bertz CT molecular complexity index is 1190. The first-order chi connectivity index (χ1) is 18.7. The van der Waals surface area contributed by atoms with Gasteiger partial charge in [0.15, 0.2) is 0 Å². The van der Waals surface area contributed by atoms with E-state index in [-0.39, 0.29) is 6.10 Å². The van der Waals surface area contributed by atoms with Crippen LogP contribution in [0.5, 0.6) is 5.75 Å². The van der Waals surface area contributed by atoms with E-state index in [0.717, 1.165) is 119 Å². The van der Waals surface area contributed by atoms with E-state index in [1.165, 1.54) is 5.56 Å². The van der Waals surface area contributed by atoms with Crippen molar-refractivity contribution in [3.8, 4) is 5.75 Å². The average Bonchev–Trinajstić information content (AvgIpc) is 2.97. The van der Waals surface area contributed by atoms with Crippen molar-refractivity contribution in [2.45, 2.75) is 44.8 Å². The van der Waals surface area contributed by atoms with Gasteiger partial charge in [0, 0.05) is 94.3 Å². The lowest BCUT2D eigenvalue weighted by molar-refractivity contribution is 0.122. The minimum absolute atomic E-state index is 0.197. The van der Waals surface area contributed by atoms with E-state index in [4.69, 9.17) is 19.4 Å². The second-order valence-electron chi connectivity index (χ2n) is 11.0. The molecule has 2 saturated heterocycles. The highest BCUT2D eigenvalue weighted by atomic mass is 16.5. The standard InChI is InChI=1S/C29H39N7O2/c1-34-8-10-35(11-9-34)21-23-19-32-28(33-20-23)16-22-2-4-25(5-3-22)38-27-18-24(36-12-14-37-15-13-36)17-26-29(27)31-7-6-30-26/h6-7,17-20,22,25H,2-5,8-16,21H2,1H3. The number of hydrogen-bond donors (Lipinski definition) is 0. The molecule has 0 atom stereocenters. The summed E-state index contributed by atoms with van der Waals surface area (Å²) in [5.41, 5.74) is 4.08. The van der Waals surface area contributed by atoms with E-state index in [1.54, 1.807) is 12.4 Å². The molecule has 9 nitrogen and oxygen atoms in total. The summed E-state index contributed by atoms with van der Waals surface area (Å²) in [5, 5.41) is 0. The molecular formula is C29H39N7O2. The topological polar surface area (TPSA) is 79.7 Å². The summed E-state index contributed by atoms with van der Waals surface area (Å²) in [5.74, 6) is 2.42. The molecule has 0 spiro atoms. The Kier molecular flexibility index (Phi) is 7.94. The monoisotopic (exact) mass is 517 g/mol. The molecule has 2 aliphatic heterocycles. The minimum Gasteiger partial charge on any atom is -0.488 e. The lowest BCUT2D eigenvalue weighted by atomic mass is 9.85. The minimum atomic E-state index is 0.197. The third kappa shape index (κ3) is 6.22. The van der Waals surface area contributed by atoms with Crippen LogP contribution in [-0.4, -0.2) is 95.4 Å². The predicted octanol–water partition coefficient (Wildman–Crippen LogP) is 3.18. The van der Waals surface area contributed by atoms with E-state index in [9.17, 15) is 0 Å². The zero-order chi connectivity index (χ0) is 25.7. The maximum absolute atomic E-state index is 6.59. The molecule has 6 rings (SSSR count). The number of piperazine rings is 1. The Morgan fingerprint density at radius 2 is 1.61 bits per heavy atom. The Morgan fingerprint density at radius 1 is 0.868 bits per heavy atom. The van der Waals surface area contributed by atoms with E-state index >= 15 is 0 Å². The smallest absolute Gasteiger partial charge is 0.149 e. The van der Waals surface area contributed by atoms with Crippen molar-refractivity contribution in [2.75, 3.05) is 64.4 Å². The van der Waals surface area contributed by atoms with Gasteiger partial charge in [0.05, 0.1) is 24.8 Å². The second kappa shape index (κ2) is 11.9. The van der Waals surface area contributed by atoms with Gasteiger partial charge < -0.3 is 19.3 Å². The second-order valence-corrected chi connectivity index (χ2v) is 11.0. The van der Waals surface area contributed by atoms with Gasteiger partial charge in [-0.15, -0.1) is 0 Å². The number of aromatic nitrogens is 4. The molecule has 3 fully saturated rings. The molecule has 0 amide bonds. The number of fused-ring (bicyclic) bond motifs is 1. The van der Waals surface area contributed by atoms with Gasteiger partial charge in [-0.05, 0) is 44.7 Å². The van der Waals surface area contributed by atoms with Gasteiger partial charge in [-0.1, -0.05) is 0 Å². The van der Waals surface area contributed by atoms with Crippen molar-refractivity contribution >= 4 is 16.7 Å². The first kappa shape index (κ1) is 25.4. The van der Waals surface area contributed by atoms with Gasteiger partial charge in [-0.2, -0.15) is 0 Å². The Labute approximate surface area is 225 Å². The van der Waals surface area contributed by atoms with Crippen LogP contribution in [0.2, 0.25) is 0 Å². The van der Waals surface area contributed by atoms with Crippen molar-refractivity contribution in [2.24, 2.45) is 5.92 Å². The van der Waals surface area contributed by atoms with Gasteiger partial charge in [0.1, 0.15) is 17.1 Å². The summed E-state index contributed by atoms with van der Waals surface area (Å²) < 4.78 is 12.1. The van der Waals surface area contributed by atoms with Crippen molar-refractivity contribution in [3.63, 3.8) is 0 Å². The first-order valence-electron chi connectivity index (χ1n) is 14.1. The van der Waals surface area contributed by atoms with Crippen molar-refractivity contribution in [3.05, 3.63) is 48.3 Å². The zero-order valence-electron chi connectivity index (χ0n) is 22.5. The van der Waals surface area contributed by atoms with Crippen LogP contribution in [0.15, 0.2) is 36.9 Å². The van der Waals surface area contributed by atoms with Crippen LogP contribution in [-0.2, 0) is 17.7 Å². The van der Waals surface area contributed by atoms with Crippen LogP contribution >= 0.6 is 0 Å². The SMILES string of the molecule is CN1CCN(Cc2cnc(CC3CCC(Oc4cc(N5CCOCC5)cc5nccnc45)CC3)nc2)CC1. The average molecular weight is 518 g/mol. The molecule has 38 heavy (non-hydrogen) atoms. The third-order valence-corrected chi connectivity index (χ3v) is 8.22. The summed E-state index contributed by atoms with van der Waals surface area (Å²) in [6, 6.07) is 4.26. The van der Waals surface area contributed by atoms with Crippen LogP contribution in [0.4, 0.5) is 5.69 Å². The van der Waals surface area contributed by atoms with Crippen LogP contribution in [0.25, 0.3) is 11.0 Å². The summed E-state index contributed by atoms with van der Waals surface area (Å²) in [6.07, 6.45) is 13.0. The van der Waals surface area contributed by atoms with Gasteiger partial charge in [0.25, 0.3) is 0 Å². The lowest BCUT2D eigenvalue weighted by Gasteiger charge is -2.32. The van der Waals surface area contributed by atoms with Gasteiger partial charge in [-0.25, -0.2) is 15.0 Å². The predicted molar refractivity (Wildman–Crippen MR) is 147 cm³/mol. The molecule has 1 aliphatic carbocycles. The maximum atomic E-state index is 6.59. The number of hydrogen-bond acceptors (Lipinski definition) is 9. The fourth-order valence-electron chi connectivity index (χ4n) is 5.85. The number of rotatable bonds is 7. The highest BCUT2D eigenvalue weighted by molar-refractivity contribution is 5.85. The van der Waals surface area contributed by atoms with Crippen LogP contribution in [0.3, 0.4) is 0 Å². The molecular weight excluding hydrogens is 478 g/mol. The van der Waals surface area contributed by atoms with Crippen molar-refractivity contribution in [1.29, 1.82) is 0 Å². The number of nitrogens with zero attached hydrogens (tertiary/aromatic N) is 7. The normalized spacial score (nSPS) is 23.6. The Hall–Kier alpha value is -2.88. The van der Waals surface area contributed by atoms with Gasteiger partial charge in [0.2, 0.25) is 0 Å². The molecule has 3 aromatic rings. The summed E-state index contributed by atoms with van der Waals surface area (Å²) in [4.78, 5) is 25.8. The fraction of sp³-hybridized carbons (Fsp3) is 0.586. The number of ether oxygens (including phenoxy) is 2. The van der Waals surface area contributed by atoms with Crippen LogP contribution in [0.1, 0.15) is 37.1 Å². The molecule has 4 heterocycles. The van der Waals surface area contributed by atoms with Gasteiger partial charge in [-0.3, -0.25) is 9.88 Å². The summed E-state index contributed by atoms with van der Waals surface area (Å²) in [6.45, 7) is 8.71. The lowest BCUT2D eigenvalue weighted by Crippen LogP contribution is -2.43. The van der Waals surface area contributed by atoms with E-state index < -0.39 is 0 Å². The maximum Gasteiger partial charge on any atom is 0.149 e. The summed E-state index contributed by atoms with van der Waals surface area (Å²) in [7, 11) is 2.19. The number of anilines is 1. The highest BCUT2D eigenvalue weighted by Gasteiger charge is 2.25. The van der Waals surface area contributed by atoms with E-state index in [2.05, 4.69) is 43.8 Å². The largest absolute Gasteiger partial charge is 0.488 e. The van der Waals surface area contributed by atoms with E-state index in [0.29, 0.717) is 5.92 Å². The molecule has 0 unspecified atom stereocenters. The Morgan fingerprint density at radius 3 is 2.37 bits per heavy atom. The number of likely N-dealkylation sites (N-methyl/N-ethyl adjacent to an activating group) is 1. The fourth-order valence-corrected chi connectivity index (χ4v) is 5.85.